The van der Waals surface area contributed by atoms with Gasteiger partial charge in [0, 0.05) is 6.04 Å². The Labute approximate surface area is 231 Å². The maximum atomic E-state index is 4.66. The van der Waals surface area contributed by atoms with Crippen LogP contribution in [0.25, 0.3) is 11.0 Å². The average molecular weight is 471 g/mol. The topological polar surface area (TPSA) is 17.8 Å². The van der Waals surface area contributed by atoms with Crippen molar-refractivity contribution < 1.29 is 0 Å². The third-order valence-electron chi connectivity index (χ3n) is 7.08. The Kier molecular flexibility index (Phi) is 15.6. The monoisotopic (exact) mass is 470 g/mol. The first-order chi connectivity index (χ1) is 16.4. The molecule has 0 aliphatic rings. The molecule has 1 aromatic heterocycles. The summed E-state index contributed by atoms with van der Waals surface area (Å²) in [7, 11) is 0. The third-order valence-corrected chi connectivity index (χ3v) is 7.08. The van der Waals surface area contributed by atoms with Gasteiger partial charge in [0.2, 0.25) is 0 Å². The molecule has 182 valence electrons. The van der Waals surface area contributed by atoms with Crippen LogP contribution >= 0.6 is 0 Å². The molecule has 0 saturated carbocycles. The second kappa shape index (κ2) is 18.2. The molecule has 2 nitrogen and oxygen atoms in total. The summed E-state index contributed by atoms with van der Waals surface area (Å²) in [6, 6.07) is 20.0. The van der Waals surface area contributed by atoms with Gasteiger partial charge in [-0.15, -0.1) is 0 Å². The summed E-state index contributed by atoms with van der Waals surface area (Å²) in [5.74, 6) is 0. The van der Waals surface area contributed by atoms with E-state index in [1.54, 1.807) is 0 Å². The Bertz CT molecular complexity index is 873. The fraction of sp³-hybridized carbons (Fsp3) is 0.581. The molecule has 3 rings (SSSR count). The first-order valence-electron chi connectivity index (χ1n) is 13.8. The number of rotatable bonds is 18. The number of para-hydroxylation sites is 2. The Morgan fingerprint density at radius 3 is 1.79 bits per heavy atom. The van der Waals surface area contributed by atoms with Crippen molar-refractivity contribution in [3.8, 4) is 0 Å². The summed E-state index contributed by atoms with van der Waals surface area (Å²) in [5.41, 5.74) is 3.80. The normalized spacial score (nSPS) is 12.0. The number of aromatic nitrogens is 2. The van der Waals surface area contributed by atoms with Crippen molar-refractivity contribution in [2.75, 3.05) is 0 Å². The van der Waals surface area contributed by atoms with E-state index in [1.807, 2.05) is 0 Å². The molecule has 0 bridgehead atoms. The van der Waals surface area contributed by atoms with E-state index >= 15 is 0 Å². The van der Waals surface area contributed by atoms with Gasteiger partial charge < -0.3 is 4.57 Å². The molecule has 0 N–H and O–H groups in total. The predicted molar refractivity (Wildman–Crippen MR) is 151 cm³/mol. The number of nitrogens with zero attached hydrogens (tertiary/aromatic N) is 2. The number of hydrogen-bond donors (Lipinski definition) is 0. The maximum absolute atomic E-state index is 4.66. The summed E-state index contributed by atoms with van der Waals surface area (Å²) in [6.45, 7) is 2.30. The van der Waals surface area contributed by atoms with Crippen LogP contribution in [-0.2, 0) is 6.42 Å². The molecule has 0 aliphatic heterocycles. The van der Waals surface area contributed by atoms with E-state index in [0.29, 0.717) is 6.04 Å². The van der Waals surface area contributed by atoms with E-state index in [9.17, 15) is 0 Å². The summed E-state index contributed by atoms with van der Waals surface area (Å²) in [6.07, 6.45) is 24.2. The molecule has 1 heterocycles. The van der Waals surface area contributed by atoms with E-state index in [-0.39, 0.29) is 29.6 Å². The van der Waals surface area contributed by atoms with Crippen LogP contribution in [-0.4, -0.2) is 39.1 Å². The van der Waals surface area contributed by atoms with Gasteiger partial charge in [0.1, 0.15) is 0 Å². The fourth-order valence-corrected chi connectivity index (χ4v) is 5.07. The molecule has 0 aliphatic carbocycles. The van der Waals surface area contributed by atoms with Gasteiger partial charge in [-0.1, -0.05) is 139 Å². The SMILES string of the molecule is CCCCCCCCCCCCCCCCC(Cc1ccccc1)n1cnc2ccccc21.[NaH]. The van der Waals surface area contributed by atoms with Crippen LogP contribution < -0.4 is 0 Å². The zero-order chi connectivity index (χ0) is 23.0. The van der Waals surface area contributed by atoms with Crippen LogP contribution in [0.3, 0.4) is 0 Å². The Morgan fingerprint density at radius 2 is 1.18 bits per heavy atom. The van der Waals surface area contributed by atoms with Crippen molar-refractivity contribution in [2.24, 2.45) is 0 Å². The van der Waals surface area contributed by atoms with Crippen molar-refractivity contribution in [3.05, 3.63) is 66.5 Å². The zero-order valence-electron chi connectivity index (χ0n) is 21.1. The van der Waals surface area contributed by atoms with Crippen molar-refractivity contribution in [1.29, 1.82) is 0 Å². The van der Waals surface area contributed by atoms with Gasteiger partial charge in [0.15, 0.2) is 0 Å². The summed E-state index contributed by atoms with van der Waals surface area (Å²) < 4.78 is 2.42. The second-order valence-corrected chi connectivity index (χ2v) is 9.87. The van der Waals surface area contributed by atoms with Gasteiger partial charge >= 0.3 is 29.6 Å². The van der Waals surface area contributed by atoms with Crippen LogP contribution in [0, 0.1) is 0 Å². The van der Waals surface area contributed by atoms with Gasteiger partial charge in [-0.3, -0.25) is 0 Å². The molecule has 3 aromatic rings. The fourth-order valence-electron chi connectivity index (χ4n) is 5.07. The minimum absolute atomic E-state index is 0. The van der Waals surface area contributed by atoms with Gasteiger partial charge in [0.25, 0.3) is 0 Å². The number of fused-ring (bicyclic) bond motifs is 1. The van der Waals surface area contributed by atoms with Gasteiger partial charge in [0.05, 0.1) is 17.4 Å². The molecule has 0 spiro atoms. The first kappa shape index (κ1) is 29.1. The minimum atomic E-state index is 0. The number of unbranched alkanes of at least 4 members (excludes halogenated alkanes) is 13. The van der Waals surface area contributed by atoms with Crippen molar-refractivity contribution in [3.63, 3.8) is 0 Å². The molecule has 0 amide bonds. The second-order valence-electron chi connectivity index (χ2n) is 9.87. The van der Waals surface area contributed by atoms with Crippen LogP contribution in [0.1, 0.15) is 115 Å². The Balaban J connectivity index is 0.00000408. The van der Waals surface area contributed by atoms with Crippen LogP contribution in [0.5, 0.6) is 0 Å². The Hall–Kier alpha value is -1.09. The molecule has 0 fully saturated rings. The Morgan fingerprint density at radius 1 is 0.647 bits per heavy atom. The first-order valence-corrected chi connectivity index (χ1v) is 13.8. The van der Waals surface area contributed by atoms with E-state index in [0.717, 1.165) is 11.9 Å². The van der Waals surface area contributed by atoms with E-state index in [1.165, 1.54) is 107 Å². The van der Waals surface area contributed by atoms with Crippen LogP contribution in [0.2, 0.25) is 0 Å². The van der Waals surface area contributed by atoms with Crippen molar-refractivity contribution in [2.45, 2.75) is 116 Å². The summed E-state index contributed by atoms with van der Waals surface area (Å²) in [4.78, 5) is 4.66. The molecule has 1 atom stereocenters. The van der Waals surface area contributed by atoms with E-state index < -0.39 is 0 Å². The van der Waals surface area contributed by atoms with E-state index in [4.69, 9.17) is 0 Å². The predicted octanol–water partition coefficient (Wildman–Crippen LogP) is 9.04. The van der Waals surface area contributed by atoms with Gasteiger partial charge in [-0.25, -0.2) is 4.98 Å². The molecule has 34 heavy (non-hydrogen) atoms. The molecule has 3 heteroatoms. The zero-order valence-corrected chi connectivity index (χ0v) is 21.1. The van der Waals surface area contributed by atoms with Crippen molar-refractivity contribution >= 4 is 40.6 Å². The molecule has 0 radical (unpaired) electrons. The van der Waals surface area contributed by atoms with Crippen molar-refractivity contribution in [1.82, 2.24) is 9.55 Å². The molecule has 0 saturated heterocycles. The molecular formula is C31H47N2Na. The van der Waals surface area contributed by atoms with Crippen LogP contribution in [0.4, 0.5) is 0 Å². The quantitative estimate of drug-likeness (QED) is 0.134. The molecular weight excluding hydrogens is 423 g/mol. The summed E-state index contributed by atoms with van der Waals surface area (Å²) in [5, 5.41) is 0. The van der Waals surface area contributed by atoms with E-state index in [2.05, 4.69) is 77.4 Å². The number of hydrogen-bond acceptors (Lipinski definition) is 1. The third kappa shape index (κ3) is 10.7. The van der Waals surface area contributed by atoms with Gasteiger partial charge in [-0.2, -0.15) is 0 Å². The molecule has 1 unspecified atom stereocenters. The molecule has 2 aromatic carbocycles. The standard InChI is InChI=1S/C31H46N2.Na.H/c1-2-3-4-5-6-7-8-9-10-11-12-13-14-18-23-29(26-28-21-16-15-17-22-28)33-27-32-30-24-19-20-25-31(30)33;;/h15-17,19-22,24-25,27,29H,2-14,18,23,26H2,1H3;;. The average Bonchev–Trinajstić information content (AvgIpc) is 3.28. The number of imidazole rings is 1. The van der Waals surface area contributed by atoms with Crippen LogP contribution in [0.15, 0.2) is 60.9 Å². The number of benzene rings is 2. The summed E-state index contributed by atoms with van der Waals surface area (Å²) >= 11 is 0. The van der Waals surface area contributed by atoms with Gasteiger partial charge in [-0.05, 0) is 30.5 Å².